The van der Waals surface area contributed by atoms with Crippen LogP contribution in [0, 0.1) is 0 Å². The molecule has 0 amide bonds. The predicted octanol–water partition coefficient (Wildman–Crippen LogP) is 3.53. The van der Waals surface area contributed by atoms with E-state index in [1.165, 1.54) is 23.5 Å². The fourth-order valence-corrected chi connectivity index (χ4v) is 3.08. The van der Waals surface area contributed by atoms with Crippen LogP contribution in [0.3, 0.4) is 0 Å². The van der Waals surface area contributed by atoms with Crippen molar-refractivity contribution in [3.63, 3.8) is 0 Å². The molecule has 7 heteroatoms. The largest absolute Gasteiger partial charge is 0.349 e. The summed E-state index contributed by atoms with van der Waals surface area (Å²) in [7, 11) is 1.71. The number of likely N-dealkylation sites (tertiary alicyclic amines) is 1. The SMILES string of the molecule is CN=C(NCc1nccn1C(F)F)N1CCC(=Cc2ccccc2)CC1. The average Bonchev–Trinajstić information content (AvgIpc) is 3.13. The fourth-order valence-electron chi connectivity index (χ4n) is 3.08. The van der Waals surface area contributed by atoms with Gasteiger partial charge in [-0.2, -0.15) is 8.78 Å². The Kier molecular flexibility index (Phi) is 5.99. The molecule has 0 radical (unpaired) electrons. The van der Waals surface area contributed by atoms with Crippen molar-refractivity contribution >= 4 is 12.0 Å². The highest BCUT2D eigenvalue weighted by molar-refractivity contribution is 5.80. The van der Waals surface area contributed by atoms with E-state index >= 15 is 0 Å². The van der Waals surface area contributed by atoms with Gasteiger partial charge in [-0.1, -0.05) is 42.0 Å². The summed E-state index contributed by atoms with van der Waals surface area (Å²) in [5, 5.41) is 3.14. The normalized spacial score (nSPS) is 15.5. The lowest BCUT2D eigenvalue weighted by Crippen LogP contribution is -2.44. The second-order valence-electron chi connectivity index (χ2n) is 6.13. The monoisotopic (exact) mass is 359 g/mol. The zero-order chi connectivity index (χ0) is 18.4. The van der Waals surface area contributed by atoms with Crippen LogP contribution in [0.25, 0.3) is 6.08 Å². The quantitative estimate of drug-likeness (QED) is 0.671. The summed E-state index contributed by atoms with van der Waals surface area (Å²) in [5.74, 6) is 1.01. The highest BCUT2D eigenvalue weighted by atomic mass is 19.3. The molecule has 0 aliphatic carbocycles. The third kappa shape index (κ3) is 4.47. The van der Waals surface area contributed by atoms with Gasteiger partial charge in [0, 0.05) is 32.5 Å². The van der Waals surface area contributed by atoms with Gasteiger partial charge < -0.3 is 10.2 Å². The van der Waals surface area contributed by atoms with E-state index in [1.807, 2.05) is 18.2 Å². The van der Waals surface area contributed by atoms with Gasteiger partial charge in [0.2, 0.25) is 0 Å². The number of hydrogen-bond acceptors (Lipinski definition) is 2. The van der Waals surface area contributed by atoms with E-state index in [0.29, 0.717) is 11.8 Å². The number of alkyl halides is 2. The molecule has 26 heavy (non-hydrogen) atoms. The first kappa shape index (κ1) is 18.1. The maximum Gasteiger partial charge on any atom is 0.319 e. The molecular formula is C19H23F2N5. The van der Waals surface area contributed by atoms with E-state index < -0.39 is 6.55 Å². The Bertz CT molecular complexity index is 757. The summed E-state index contributed by atoms with van der Waals surface area (Å²) in [6, 6.07) is 10.3. The number of piperidine rings is 1. The first-order chi connectivity index (χ1) is 12.7. The first-order valence-corrected chi connectivity index (χ1v) is 8.67. The Morgan fingerprint density at radius 3 is 2.65 bits per heavy atom. The molecule has 1 aromatic heterocycles. The number of hydrogen-bond donors (Lipinski definition) is 1. The minimum Gasteiger partial charge on any atom is -0.349 e. The molecule has 1 aromatic carbocycles. The molecule has 0 unspecified atom stereocenters. The van der Waals surface area contributed by atoms with Gasteiger partial charge in [0.25, 0.3) is 0 Å². The molecule has 3 rings (SSSR count). The highest BCUT2D eigenvalue weighted by Crippen LogP contribution is 2.19. The van der Waals surface area contributed by atoms with Gasteiger partial charge in [-0.15, -0.1) is 0 Å². The van der Waals surface area contributed by atoms with Crippen molar-refractivity contribution in [2.45, 2.75) is 25.9 Å². The number of nitrogens with one attached hydrogen (secondary N) is 1. The van der Waals surface area contributed by atoms with Crippen LogP contribution >= 0.6 is 0 Å². The van der Waals surface area contributed by atoms with Crippen molar-refractivity contribution in [3.8, 4) is 0 Å². The van der Waals surface area contributed by atoms with Gasteiger partial charge in [0.1, 0.15) is 5.82 Å². The Labute approximate surface area is 152 Å². The highest BCUT2D eigenvalue weighted by Gasteiger charge is 2.18. The van der Waals surface area contributed by atoms with E-state index in [-0.39, 0.29) is 6.54 Å². The van der Waals surface area contributed by atoms with Crippen LogP contribution in [-0.4, -0.2) is 40.5 Å². The maximum atomic E-state index is 12.9. The number of imidazole rings is 1. The van der Waals surface area contributed by atoms with Crippen LogP contribution in [0.1, 0.15) is 30.8 Å². The van der Waals surface area contributed by atoms with E-state index in [9.17, 15) is 8.78 Å². The number of aliphatic imine (C=N–C) groups is 1. The van der Waals surface area contributed by atoms with Gasteiger partial charge in [0.05, 0.1) is 6.54 Å². The van der Waals surface area contributed by atoms with E-state index in [2.05, 4.69) is 38.4 Å². The van der Waals surface area contributed by atoms with Gasteiger partial charge in [-0.05, 0) is 18.4 Å². The molecule has 1 aliphatic heterocycles. The summed E-state index contributed by atoms with van der Waals surface area (Å²) >= 11 is 0. The van der Waals surface area contributed by atoms with Gasteiger partial charge in [-0.3, -0.25) is 9.56 Å². The Morgan fingerprint density at radius 1 is 1.27 bits per heavy atom. The number of guanidine groups is 1. The van der Waals surface area contributed by atoms with Gasteiger partial charge in [0.15, 0.2) is 5.96 Å². The molecule has 2 aromatic rings. The lowest BCUT2D eigenvalue weighted by Gasteiger charge is -2.31. The number of halogens is 2. The molecule has 1 fully saturated rings. The Morgan fingerprint density at radius 2 is 2.00 bits per heavy atom. The Balaban J connectivity index is 1.55. The number of nitrogens with zero attached hydrogens (tertiary/aromatic N) is 4. The topological polar surface area (TPSA) is 45.5 Å². The lowest BCUT2D eigenvalue weighted by molar-refractivity contribution is 0.0668. The van der Waals surface area contributed by atoms with E-state index in [4.69, 9.17) is 0 Å². The number of rotatable bonds is 4. The molecule has 1 saturated heterocycles. The molecule has 0 spiro atoms. The molecule has 2 heterocycles. The molecular weight excluding hydrogens is 336 g/mol. The summed E-state index contributed by atoms with van der Waals surface area (Å²) < 4.78 is 26.6. The number of benzene rings is 1. The minimum atomic E-state index is -2.59. The molecule has 138 valence electrons. The first-order valence-electron chi connectivity index (χ1n) is 8.67. The van der Waals surface area contributed by atoms with E-state index in [0.717, 1.165) is 30.5 Å². The molecule has 5 nitrogen and oxygen atoms in total. The summed E-state index contributed by atoms with van der Waals surface area (Å²) in [6.07, 6.45) is 6.83. The lowest BCUT2D eigenvalue weighted by atomic mass is 10.0. The van der Waals surface area contributed by atoms with Crippen molar-refractivity contribution in [1.29, 1.82) is 0 Å². The van der Waals surface area contributed by atoms with Crippen molar-refractivity contribution in [2.24, 2.45) is 4.99 Å². The molecule has 1 aliphatic rings. The second kappa shape index (κ2) is 8.60. The average molecular weight is 359 g/mol. The predicted molar refractivity (Wildman–Crippen MR) is 98.9 cm³/mol. The Hall–Kier alpha value is -2.70. The van der Waals surface area contributed by atoms with Crippen LogP contribution in [0.5, 0.6) is 0 Å². The fraction of sp³-hybridized carbons (Fsp3) is 0.368. The number of aromatic nitrogens is 2. The van der Waals surface area contributed by atoms with E-state index in [1.54, 1.807) is 7.05 Å². The molecule has 0 saturated carbocycles. The minimum absolute atomic E-state index is 0.216. The molecule has 0 bridgehead atoms. The summed E-state index contributed by atoms with van der Waals surface area (Å²) in [5.41, 5.74) is 2.63. The molecule has 0 atom stereocenters. The zero-order valence-electron chi connectivity index (χ0n) is 14.8. The van der Waals surface area contributed by atoms with Crippen LogP contribution in [0.15, 0.2) is 53.3 Å². The smallest absolute Gasteiger partial charge is 0.319 e. The van der Waals surface area contributed by atoms with Gasteiger partial charge >= 0.3 is 6.55 Å². The molecule has 1 N–H and O–H groups in total. The van der Waals surface area contributed by atoms with Crippen LogP contribution in [0.2, 0.25) is 0 Å². The van der Waals surface area contributed by atoms with Crippen molar-refractivity contribution in [3.05, 3.63) is 59.7 Å². The second-order valence-corrected chi connectivity index (χ2v) is 6.13. The third-order valence-corrected chi connectivity index (χ3v) is 4.45. The summed E-state index contributed by atoms with van der Waals surface area (Å²) in [6.45, 7) is -0.673. The van der Waals surface area contributed by atoms with Crippen molar-refractivity contribution in [1.82, 2.24) is 19.8 Å². The van der Waals surface area contributed by atoms with Crippen molar-refractivity contribution in [2.75, 3.05) is 20.1 Å². The third-order valence-electron chi connectivity index (χ3n) is 4.45. The summed E-state index contributed by atoms with van der Waals surface area (Å²) in [4.78, 5) is 10.4. The van der Waals surface area contributed by atoms with Gasteiger partial charge in [-0.25, -0.2) is 4.98 Å². The zero-order valence-corrected chi connectivity index (χ0v) is 14.8. The van der Waals surface area contributed by atoms with Crippen molar-refractivity contribution < 1.29 is 8.78 Å². The van der Waals surface area contributed by atoms with Crippen LogP contribution in [-0.2, 0) is 6.54 Å². The van der Waals surface area contributed by atoms with Crippen LogP contribution in [0.4, 0.5) is 8.78 Å². The standard InChI is InChI=1S/C19H23F2N5/c1-22-19(24-14-17-23-9-12-26(17)18(20)21)25-10-7-16(8-11-25)13-15-5-3-2-4-6-15/h2-6,9,12-13,18H,7-8,10-11,14H2,1H3,(H,22,24). The maximum absolute atomic E-state index is 12.9. The van der Waals surface area contributed by atoms with Crippen LogP contribution < -0.4 is 5.32 Å².